The molecule has 33 heavy (non-hydrogen) atoms. The summed E-state index contributed by atoms with van der Waals surface area (Å²) in [6.45, 7) is 3.45. The standard InChI is InChI=1S/C24H23N5O3S/c25-17-19-1-3-20(4-2-19)18-28-13-15-29(16-14-28)24(30)21-5-7-23(8-6-21)33(31,32)27-22-9-11-26-12-10-22/h1-12H,13-16,18H2,(H,26,27). The third-order valence-corrected chi connectivity index (χ3v) is 6.89. The van der Waals surface area contributed by atoms with Gasteiger partial charge < -0.3 is 4.90 Å². The van der Waals surface area contributed by atoms with Crippen LogP contribution in [0.25, 0.3) is 0 Å². The number of anilines is 1. The van der Waals surface area contributed by atoms with Gasteiger partial charge in [0.05, 0.1) is 22.2 Å². The molecule has 2 heterocycles. The second-order valence-electron chi connectivity index (χ2n) is 7.74. The monoisotopic (exact) mass is 461 g/mol. The molecule has 0 bridgehead atoms. The van der Waals surface area contributed by atoms with Gasteiger partial charge in [-0.3, -0.25) is 19.4 Å². The average molecular weight is 462 g/mol. The van der Waals surface area contributed by atoms with Gasteiger partial charge in [0.15, 0.2) is 0 Å². The quantitative estimate of drug-likeness (QED) is 0.605. The zero-order valence-corrected chi connectivity index (χ0v) is 18.7. The molecular formula is C24H23N5O3S. The van der Waals surface area contributed by atoms with Gasteiger partial charge in [-0.25, -0.2) is 8.42 Å². The van der Waals surface area contributed by atoms with Crippen LogP contribution < -0.4 is 4.72 Å². The maximum absolute atomic E-state index is 12.9. The van der Waals surface area contributed by atoms with Crippen LogP contribution in [0.5, 0.6) is 0 Å². The number of nitrogens with one attached hydrogen (secondary N) is 1. The lowest BCUT2D eigenvalue weighted by Crippen LogP contribution is -2.48. The van der Waals surface area contributed by atoms with Crippen molar-refractivity contribution in [3.05, 3.63) is 89.7 Å². The van der Waals surface area contributed by atoms with Crippen LogP contribution in [0.1, 0.15) is 21.5 Å². The summed E-state index contributed by atoms with van der Waals surface area (Å²) in [5.74, 6) is -0.112. The number of nitrogens with zero attached hydrogens (tertiary/aromatic N) is 4. The summed E-state index contributed by atoms with van der Waals surface area (Å²) >= 11 is 0. The summed E-state index contributed by atoms with van der Waals surface area (Å²) in [6.07, 6.45) is 3.01. The molecule has 1 amide bonds. The van der Waals surface area contributed by atoms with E-state index in [0.29, 0.717) is 29.9 Å². The van der Waals surface area contributed by atoms with E-state index in [2.05, 4.69) is 20.7 Å². The highest BCUT2D eigenvalue weighted by Crippen LogP contribution is 2.18. The molecule has 168 valence electrons. The number of sulfonamides is 1. The predicted octanol–water partition coefficient (Wildman–Crippen LogP) is 2.71. The van der Waals surface area contributed by atoms with Crippen LogP contribution in [0, 0.1) is 11.3 Å². The van der Waals surface area contributed by atoms with Crippen LogP contribution in [0.2, 0.25) is 0 Å². The van der Waals surface area contributed by atoms with Crippen LogP contribution in [-0.4, -0.2) is 55.3 Å². The summed E-state index contributed by atoms with van der Waals surface area (Å²) < 4.78 is 27.6. The van der Waals surface area contributed by atoms with E-state index in [-0.39, 0.29) is 10.8 Å². The Morgan fingerprint density at radius 1 is 0.939 bits per heavy atom. The van der Waals surface area contributed by atoms with Crippen molar-refractivity contribution in [2.24, 2.45) is 0 Å². The first kappa shape index (κ1) is 22.5. The number of aromatic nitrogens is 1. The second kappa shape index (κ2) is 9.81. The van der Waals surface area contributed by atoms with Crippen molar-refractivity contribution in [3.63, 3.8) is 0 Å². The highest BCUT2D eigenvalue weighted by molar-refractivity contribution is 7.92. The number of rotatable bonds is 6. The Labute approximate surface area is 193 Å². The van der Waals surface area contributed by atoms with Crippen LogP contribution in [0.4, 0.5) is 5.69 Å². The van der Waals surface area contributed by atoms with E-state index in [9.17, 15) is 13.2 Å². The van der Waals surface area contributed by atoms with Crippen molar-refractivity contribution in [3.8, 4) is 6.07 Å². The molecule has 0 radical (unpaired) electrons. The van der Waals surface area contributed by atoms with E-state index in [0.717, 1.165) is 25.2 Å². The van der Waals surface area contributed by atoms with Gasteiger partial charge in [0.1, 0.15) is 0 Å². The normalized spacial score (nSPS) is 14.5. The number of hydrogen-bond donors (Lipinski definition) is 1. The van der Waals surface area contributed by atoms with Gasteiger partial charge in [0, 0.05) is 50.7 Å². The fourth-order valence-electron chi connectivity index (χ4n) is 3.65. The summed E-state index contributed by atoms with van der Waals surface area (Å²) in [5, 5.41) is 8.91. The van der Waals surface area contributed by atoms with Gasteiger partial charge in [-0.15, -0.1) is 0 Å². The molecule has 2 aromatic carbocycles. The first-order chi connectivity index (χ1) is 15.9. The van der Waals surface area contributed by atoms with Crippen molar-refractivity contribution < 1.29 is 13.2 Å². The third-order valence-electron chi connectivity index (χ3n) is 5.49. The van der Waals surface area contributed by atoms with Gasteiger partial charge in [0.25, 0.3) is 15.9 Å². The summed E-state index contributed by atoms with van der Waals surface area (Å²) in [7, 11) is -3.75. The number of amides is 1. The topological polar surface area (TPSA) is 106 Å². The Balaban J connectivity index is 1.33. The molecule has 1 aliphatic heterocycles. The lowest BCUT2D eigenvalue weighted by Gasteiger charge is -2.34. The van der Waals surface area contributed by atoms with Gasteiger partial charge in [0.2, 0.25) is 0 Å². The van der Waals surface area contributed by atoms with Crippen molar-refractivity contribution in [2.75, 3.05) is 30.9 Å². The molecule has 1 N–H and O–H groups in total. The van der Waals surface area contributed by atoms with E-state index < -0.39 is 10.0 Å². The number of carbonyl (C=O) groups excluding carboxylic acids is 1. The zero-order valence-electron chi connectivity index (χ0n) is 17.9. The van der Waals surface area contributed by atoms with Gasteiger partial charge in [-0.2, -0.15) is 5.26 Å². The highest BCUT2D eigenvalue weighted by atomic mass is 32.2. The minimum atomic E-state index is -3.75. The first-order valence-electron chi connectivity index (χ1n) is 10.5. The lowest BCUT2D eigenvalue weighted by atomic mass is 10.1. The van der Waals surface area contributed by atoms with E-state index in [1.807, 2.05) is 24.3 Å². The Hall–Kier alpha value is -3.74. The van der Waals surface area contributed by atoms with Crippen molar-refractivity contribution in [1.29, 1.82) is 5.26 Å². The minimum Gasteiger partial charge on any atom is -0.336 e. The molecule has 9 heteroatoms. The number of piperazine rings is 1. The van der Waals surface area contributed by atoms with Gasteiger partial charge in [-0.1, -0.05) is 12.1 Å². The Morgan fingerprint density at radius 2 is 1.58 bits per heavy atom. The first-order valence-corrected chi connectivity index (χ1v) is 12.0. The molecule has 0 saturated carbocycles. The number of carbonyl (C=O) groups is 1. The number of benzene rings is 2. The second-order valence-corrected chi connectivity index (χ2v) is 9.43. The maximum atomic E-state index is 12.9. The van der Waals surface area contributed by atoms with E-state index in [1.54, 1.807) is 29.2 Å². The number of pyridine rings is 1. The molecule has 1 fully saturated rings. The SMILES string of the molecule is N#Cc1ccc(CN2CCN(C(=O)c3ccc(S(=O)(=O)Nc4ccncc4)cc3)CC2)cc1. The molecule has 1 aromatic heterocycles. The van der Waals surface area contributed by atoms with Crippen LogP contribution in [-0.2, 0) is 16.6 Å². The van der Waals surface area contributed by atoms with E-state index in [1.165, 1.54) is 24.5 Å². The zero-order chi connectivity index (χ0) is 23.3. The van der Waals surface area contributed by atoms with Gasteiger partial charge in [-0.05, 0) is 54.1 Å². The number of hydrogen-bond acceptors (Lipinski definition) is 6. The van der Waals surface area contributed by atoms with Crippen molar-refractivity contribution >= 4 is 21.6 Å². The molecular weight excluding hydrogens is 438 g/mol. The summed E-state index contributed by atoms with van der Waals surface area (Å²) in [4.78, 5) is 20.9. The van der Waals surface area contributed by atoms with E-state index in [4.69, 9.17) is 5.26 Å². The fourth-order valence-corrected chi connectivity index (χ4v) is 4.70. The molecule has 0 atom stereocenters. The van der Waals surface area contributed by atoms with Crippen LogP contribution in [0.15, 0.2) is 78.0 Å². The van der Waals surface area contributed by atoms with Gasteiger partial charge >= 0.3 is 0 Å². The average Bonchev–Trinajstić information content (AvgIpc) is 2.85. The van der Waals surface area contributed by atoms with Crippen LogP contribution in [0.3, 0.4) is 0 Å². The molecule has 3 aromatic rings. The molecule has 4 rings (SSSR count). The maximum Gasteiger partial charge on any atom is 0.261 e. The van der Waals surface area contributed by atoms with Crippen LogP contribution >= 0.6 is 0 Å². The Morgan fingerprint density at radius 3 is 2.18 bits per heavy atom. The Bertz CT molecular complexity index is 1250. The number of nitriles is 1. The minimum absolute atomic E-state index is 0.0862. The van der Waals surface area contributed by atoms with E-state index >= 15 is 0 Å². The molecule has 8 nitrogen and oxygen atoms in total. The van der Waals surface area contributed by atoms with Crippen molar-refractivity contribution in [2.45, 2.75) is 11.4 Å². The smallest absolute Gasteiger partial charge is 0.261 e. The fraction of sp³-hybridized carbons (Fsp3) is 0.208. The predicted molar refractivity (Wildman–Crippen MR) is 124 cm³/mol. The highest BCUT2D eigenvalue weighted by Gasteiger charge is 2.23. The van der Waals surface area contributed by atoms with Crippen molar-refractivity contribution in [1.82, 2.24) is 14.8 Å². The molecule has 0 aliphatic carbocycles. The lowest BCUT2D eigenvalue weighted by molar-refractivity contribution is 0.0628. The molecule has 0 spiro atoms. The third kappa shape index (κ3) is 5.55. The molecule has 1 saturated heterocycles. The largest absolute Gasteiger partial charge is 0.336 e. The molecule has 0 unspecified atom stereocenters. The summed E-state index contributed by atoms with van der Waals surface area (Å²) in [6, 6.07) is 18.8. The summed E-state index contributed by atoms with van der Waals surface area (Å²) in [5.41, 5.74) is 2.65. The molecule has 1 aliphatic rings. The Kier molecular flexibility index (Phi) is 6.68.